The standard InChI is InChI=1S/C14H21O/c1-4-8-12-9-7-10-13(11-12)14(15,5-2)6-3/h7,10-11,15H,4-6,8H2,1-3H3. The second-order valence-electron chi connectivity index (χ2n) is 4.09. The van der Waals surface area contributed by atoms with Crippen LogP contribution in [0.25, 0.3) is 0 Å². The lowest BCUT2D eigenvalue weighted by Gasteiger charge is -2.26. The van der Waals surface area contributed by atoms with Gasteiger partial charge in [-0.2, -0.15) is 0 Å². The first kappa shape index (κ1) is 12.3. The van der Waals surface area contributed by atoms with E-state index in [1.165, 1.54) is 5.56 Å². The highest BCUT2D eigenvalue weighted by Gasteiger charge is 2.24. The van der Waals surface area contributed by atoms with Gasteiger partial charge in [0.05, 0.1) is 5.60 Å². The smallest absolute Gasteiger partial charge is 0.0891 e. The highest BCUT2D eigenvalue weighted by atomic mass is 16.3. The molecule has 0 aliphatic heterocycles. The molecule has 0 saturated carbocycles. The molecule has 0 saturated heterocycles. The summed E-state index contributed by atoms with van der Waals surface area (Å²) in [5.41, 5.74) is 1.59. The van der Waals surface area contributed by atoms with Crippen molar-refractivity contribution in [3.05, 3.63) is 35.4 Å². The second kappa shape index (κ2) is 5.32. The van der Waals surface area contributed by atoms with Gasteiger partial charge in [0.2, 0.25) is 0 Å². The molecule has 0 aromatic heterocycles. The molecule has 0 aliphatic carbocycles. The van der Waals surface area contributed by atoms with E-state index in [9.17, 15) is 5.11 Å². The van der Waals surface area contributed by atoms with Gasteiger partial charge in [-0.15, -0.1) is 0 Å². The molecule has 0 atom stereocenters. The van der Waals surface area contributed by atoms with Crippen molar-refractivity contribution < 1.29 is 5.11 Å². The average Bonchev–Trinajstić information content (AvgIpc) is 2.29. The molecule has 0 bridgehead atoms. The van der Waals surface area contributed by atoms with E-state index in [2.05, 4.69) is 19.1 Å². The first-order chi connectivity index (χ1) is 7.16. The molecule has 0 spiro atoms. The summed E-state index contributed by atoms with van der Waals surface area (Å²) in [5, 5.41) is 10.4. The summed E-state index contributed by atoms with van der Waals surface area (Å²) in [6.45, 7) is 6.21. The second-order valence-corrected chi connectivity index (χ2v) is 4.09. The number of hydrogen-bond donors (Lipinski definition) is 1. The first-order valence-corrected chi connectivity index (χ1v) is 5.89. The van der Waals surface area contributed by atoms with Crippen LogP contribution in [0.2, 0.25) is 0 Å². The summed E-state index contributed by atoms with van der Waals surface area (Å²) in [4.78, 5) is 0. The van der Waals surface area contributed by atoms with E-state index in [4.69, 9.17) is 0 Å². The maximum atomic E-state index is 10.4. The van der Waals surface area contributed by atoms with Crippen LogP contribution >= 0.6 is 0 Å². The van der Waals surface area contributed by atoms with E-state index in [-0.39, 0.29) is 0 Å². The third kappa shape index (κ3) is 2.82. The Bertz CT molecular complexity index is 300. The van der Waals surface area contributed by atoms with Crippen molar-refractivity contribution in [1.82, 2.24) is 0 Å². The van der Waals surface area contributed by atoms with E-state index >= 15 is 0 Å². The van der Waals surface area contributed by atoms with Gasteiger partial charge in [0.15, 0.2) is 0 Å². The highest BCUT2D eigenvalue weighted by Crippen LogP contribution is 2.28. The summed E-state index contributed by atoms with van der Waals surface area (Å²) in [7, 11) is 0. The van der Waals surface area contributed by atoms with E-state index < -0.39 is 5.60 Å². The zero-order chi connectivity index (χ0) is 11.3. The van der Waals surface area contributed by atoms with E-state index in [0.717, 1.165) is 31.2 Å². The van der Waals surface area contributed by atoms with Crippen molar-refractivity contribution in [3.8, 4) is 0 Å². The average molecular weight is 205 g/mol. The Labute approximate surface area is 93.1 Å². The molecule has 15 heavy (non-hydrogen) atoms. The minimum absolute atomic E-state index is 0.655. The molecule has 0 aliphatic rings. The largest absolute Gasteiger partial charge is 0.385 e. The summed E-state index contributed by atoms with van der Waals surface area (Å²) in [6.07, 6.45) is 3.69. The van der Waals surface area contributed by atoms with Gasteiger partial charge in [0.1, 0.15) is 0 Å². The van der Waals surface area contributed by atoms with Crippen LogP contribution in [0, 0.1) is 6.07 Å². The maximum absolute atomic E-state index is 10.4. The lowest BCUT2D eigenvalue weighted by molar-refractivity contribution is 0.0283. The topological polar surface area (TPSA) is 20.2 Å². The van der Waals surface area contributed by atoms with Crippen LogP contribution in [-0.4, -0.2) is 5.11 Å². The van der Waals surface area contributed by atoms with Gasteiger partial charge >= 0.3 is 0 Å². The van der Waals surface area contributed by atoms with Crippen molar-refractivity contribution in [2.45, 2.75) is 52.1 Å². The number of aryl methyl sites for hydroxylation is 1. The molecule has 1 radical (unpaired) electrons. The minimum Gasteiger partial charge on any atom is -0.385 e. The fourth-order valence-corrected chi connectivity index (χ4v) is 1.88. The van der Waals surface area contributed by atoms with Crippen LogP contribution in [0.1, 0.15) is 51.2 Å². The Kier molecular flexibility index (Phi) is 4.34. The summed E-state index contributed by atoms with van der Waals surface area (Å²) >= 11 is 0. The van der Waals surface area contributed by atoms with E-state index in [0.29, 0.717) is 0 Å². The zero-order valence-electron chi connectivity index (χ0n) is 10.0. The number of benzene rings is 1. The van der Waals surface area contributed by atoms with Gasteiger partial charge in [0.25, 0.3) is 0 Å². The van der Waals surface area contributed by atoms with Gasteiger partial charge < -0.3 is 5.11 Å². The molecular weight excluding hydrogens is 184 g/mol. The third-order valence-electron chi connectivity index (χ3n) is 3.09. The Balaban J connectivity index is 2.98. The summed E-state index contributed by atoms with van der Waals surface area (Å²) in [5.74, 6) is 0. The van der Waals surface area contributed by atoms with Crippen LogP contribution < -0.4 is 0 Å². The summed E-state index contributed by atoms with van der Waals surface area (Å²) < 4.78 is 0. The Morgan fingerprint density at radius 3 is 2.47 bits per heavy atom. The lowest BCUT2D eigenvalue weighted by Crippen LogP contribution is -2.23. The lowest BCUT2D eigenvalue weighted by atomic mass is 9.87. The van der Waals surface area contributed by atoms with Crippen LogP contribution in [0.4, 0.5) is 0 Å². The fourth-order valence-electron chi connectivity index (χ4n) is 1.88. The number of rotatable bonds is 5. The molecule has 1 rings (SSSR count). The van der Waals surface area contributed by atoms with Crippen molar-refractivity contribution in [2.75, 3.05) is 0 Å². The van der Waals surface area contributed by atoms with Crippen molar-refractivity contribution >= 4 is 0 Å². The van der Waals surface area contributed by atoms with Gasteiger partial charge in [-0.1, -0.05) is 45.4 Å². The van der Waals surface area contributed by atoms with E-state index in [1.54, 1.807) is 0 Å². The van der Waals surface area contributed by atoms with E-state index in [1.807, 2.05) is 26.0 Å². The Morgan fingerprint density at radius 1 is 1.27 bits per heavy atom. The van der Waals surface area contributed by atoms with Gasteiger partial charge in [0, 0.05) is 0 Å². The molecule has 0 unspecified atom stereocenters. The molecule has 1 heteroatoms. The van der Waals surface area contributed by atoms with Crippen molar-refractivity contribution in [2.24, 2.45) is 0 Å². The Hall–Kier alpha value is -0.820. The number of hydrogen-bond acceptors (Lipinski definition) is 1. The van der Waals surface area contributed by atoms with Gasteiger partial charge in [-0.3, -0.25) is 0 Å². The van der Waals surface area contributed by atoms with Crippen LogP contribution in [-0.2, 0) is 12.0 Å². The Morgan fingerprint density at radius 2 is 1.93 bits per heavy atom. The minimum atomic E-state index is -0.655. The summed E-state index contributed by atoms with van der Waals surface area (Å²) in [6, 6.07) is 9.22. The number of aliphatic hydroxyl groups is 1. The molecule has 0 fully saturated rings. The maximum Gasteiger partial charge on any atom is 0.0891 e. The third-order valence-corrected chi connectivity index (χ3v) is 3.09. The fraction of sp³-hybridized carbons (Fsp3) is 0.571. The van der Waals surface area contributed by atoms with Crippen molar-refractivity contribution in [1.29, 1.82) is 0 Å². The quantitative estimate of drug-likeness (QED) is 0.780. The molecule has 0 amide bonds. The van der Waals surface area contributed by atoms with Crippen molar-refractivity contribution in [3.63, 3.8) is 0 Å². The predicted octanol–water partition coefficient (Wildman–Crippen LogP) is 3.45. The SMILES string of the molecule is CCCc1[c]ccc(C(O)(CC)CC)c1. The molecule has 1 aromatic carbocycles. The molecule has 83 valence electrons. The zero-order valence-corrected chi connectivity index (χ0v) is 10.0. The molecule has 1 aromatic rings. The van der Waals surface area contributed by atoms with Crippen LogP contribution in [0.3, 0.4) is 0 Å². The normalized spacial score (nSPS) is 11.7. The molecule has 1 nitrogen and oxygen atoms in total. The molecule has 1 N–H and O–H groups in total. The predicted molar refractivity (Wildman–Crippen MR) is 63.8 cm³/mol. The van der Waals surface area contributed by atoms with Crippen LogP contribution in [0.15, 0.2) is 18.2 Å². The van der Waals surface area contributed by atoms with Crippen LogP contribution in [0.5, 0.6) is 0 Å². The molecular formula is C14H21O. The molecule has 0 heterocycles. The van der Waals surface area contributed by atoms with Gasteiger partial charge in [-0.05, 0) is 36.5 Å². The highest BCUT2D eigenvalue weighted by molar-refractivity contribution is 5.27. The first-order valence-electron chi connectivity index (χ1n) is 5.89. The monoisotopic (exact) mass is 205 g/mol. The van der Waals surface area contributed by atoms with Gasteiger partial charge in [-0.25, -0.2) is 0 Å².